The number of aromatic nitrogens is 1. The molecule has 0 radical (unpaired) electrons. The highest BCUT2D eigenvalue weighted by atomic mass is 16.5. The molecule has 0 saturated carbocycles. The summed E-state index contributed by atoms with van der Waals surface area (Å²) in [6.45, 7) is 9.11. The van der Waals surface area contributed by atoms with E-state index in [1.165, 1.54) is 16.7 Å². The maximum absolute atomic E-state index is 6.03. The third kappa shape index (κ3) is 3.56. The van der Waals surface area contributed by atoms with Gasteiger partial charge in [-0.2, -0.15) is 0 Å². The van der Waals surface area contributed by atoms with Gasteiger partial charge in [-0.3, -0.25) is 9.80 Å². The van der Waals surface area contributed by atoms with Crippen LogP contribution in [0.15, 0.2) is 59.1 Å². The molecule has 0 amide bonds. The quantitative estimate of drug-likeness (QED) is 0.630. The van der Waals surface area contributed by atoms with Crippen molar-refractivity contribution in [3.05, 3.63) is 83.1 Å². The second kappa shape index (κ2) is 7.50. The molecule has 2 aromatic carbocycles. The first-order valence-electron chi connectivity index (χ1n) is 11.3. The van der Waals surface area contributed by atoms with E-state index in [0.717, 1.165) is 69.7 Å². The minimum Gasteiger partial charge on any atom is -0.493 e. The second-order valence-corrected chi connectivity index (χ2v) is 9.57. The summed E-state index contributed by atoms with van der Waals surface area (Å²) in [5.41, 5.74) is 4.35. The smallest absolute Gasteiger partial charge is 0.199 e. The number of oxazole rings is 1. The average Bonchev–Trinajstić information content (AvgIpc) is 3.46. The van der Waals surface area contributed by atoms with Gasteiger partial charge in [-0.25, -0.2) is 4.98 Å². The van der Waals surface area contributed by atoms with E-state index in [-0.39, 0.29) is 5.41 Å². The highest BCUT2D eigenvalue weighted by Gasteiger charge is 2.55. The number of nitrogens with zero attached hydrogens (tertiary/aromatic N) is 3. The molecule has 4 heterocycles. The average molecular weight is 416 g/mol. The van der Waals surface area contributed by atoms with Crippen molar-refractivity contribution in [3.63, 3.8) is 0 Å². The van der Waals surface area contributed by atoms with Crippen LogP contribution in [0.5, 0.6) is 5.75 Å². The van der Waals surface area contributed by atoms with Crippen LogP contribution in [-0.4, -0.2) is 47.6 Å². The molecule has 1 unspecified atom stereocenters. The third-order valence-corrected chi connectivity index (χ3v) is 7.14. The van der Waals surface area contributed by atoms with Gasteiger partial charge in [0.1, 0.15) is 11.5 Å². The summed E-state index contributed by atoms with van der Waals surface area (Å²) >= 11 is 0. The van der Waals surface area contributed by atoms with Crippen LogP contribution in [0.4, 0.5) is 0 Å². The van der Waals surface area contributed by atoms with E-state index in [2.05, 4.69) is 63.3 Å². The van der Waals surface area contributed by atoms with Gasteiger partial charge >= 0.3 is 0 Å². The molecule has 5 nitrogen and oxygen atoms in total. The number of likely N-dealkylation sites (tertiary alicyclic amines) is 2. The van der Waals surface area contributed by atoms with Crippen molar-refractivity contribution in [1.29, 1.82) is 0 Å². The topological polar surface area (TPSA) is 41.7 Å². The summed E-state index contributed by atoms with van der Waals surface area (Å²) in [5, 5.41) is 0. The fraction of sp³-hybridized carbons (Fsp3) is 0.423. The fourth-order valence-corrected chi connectivity index (χ4v) is 5.78. The largest absolute Gasteiger partial charge is 0.493 e. The third-order valence-electron chi connectivity index (χ3n) is 7.14. The first kappa shape index (κ1) is 19.1. The summed E-state index contributed by atoms with van der Waals surface area (Å²) in [7, 11) is 0. The number of fused-ring (bicyclic) bond motifs is 1. The molecule has 1 spiro atoms. The number of aryl methyl sites for hydroxylation is 1. The van der Waals surface area contributed by atoms with Crippen molar-refractivity contribution in [2.75, 3.05) is 32.8 Å². The summed E-state index contributed by atoms with van der Waals surface area (Å²) in [6, 6.07) is 17.5. The number of rotatable bonds is 5. The fourth-order valence-electron chi connectivity index (χ4n) is 5.78. The van der Waals surface area contributed by atoms with Crippen molar-refractivity contribution in [2.24, 2.45) is 5.41 Å². The molecule has 0 aliphatic carbocycles. The Bertz CT molecular complexity index is 1070. The normalized spacial score (nSPS) is 22.4. The molecule has 3 aliphatic heterocycles. The molecule has 6 rings (SSSR count). The molecular weight excluding hydrogens is 386 g/mol. The molecule has 2 fully saturated rings. The zero-order valence-corrected chi connectivity index (χ0v) is 18.1. The Hall–Kier alpha value is -2.63. The molecule has 3 aromatic rings. The molecular formula is C26H29N3O2. The maximum Gasteiger partial charge on any atom is 0.199 e. The predicted molar refractivity (Wildman–Crippen MR) is 119 cm³/mol. The molecule has 3 aliphatic rings. The van der Waals surface area contributed by atoms with Crippen molar-refractivity contribution in [2.45, 2.75) is 32.4 Å². The minimum atomic E-state index is 0.228. The standard InChI is InChI=1S/C26H29N3O2/c1-19-12-27-25(31-19)23-15-28(13-20-5-3-2-4-6-20)16-26(23)17-29(18-26)14-21-7-8-24-22(11-21)9-10-30-24/h2-8,11-12,23H,9-10,13-18H2,1H3. The van der Waals surface area contributed by atoms with Gasteiger partial charge in [-0.1, -0.05) is 42.5 Å². The second-order valence-electron chi connectivity index (χ2n) is 9.57. The molecule has 1 atom stereocenters. The van der Waals surface area contributed by atoms with Gasteiger partial charge < -0.3 is 9.15 Å². The van der Waals surface area contributed by atoms with Crippen LogP contribution in [0.3, 0.4) is 0 Å². The highest BCUT2D eigenvalue weighted by molar-refractivity contribution is 5.40. The van der Waals surface area contributed by atoms with Gasteiger partial charge in [0.05, 0.1) is 18.7 Å². The Kier molecular flexibility index (Phi) is 4.62. The first-order chi connectivity index (χ1) is 15.2. The van der Waals surface area contributed by atoms with Gasteiger partial charge in [0, 0.05) is 51.1 Å². The minimum absolute atomic E-state index is 0.228. The van der Waals surface area contributed by atoms with Crippen molar-refractivity contribution in [3.8, 4) is 5.75 Å². The van der Waals surface area contributed by atoms with E-state index >= 15 is 0 Å². The van der Waals surface area contributed by atoms with E-state index < -0.39 is 0 Å². The van der Waals surface area contributed by atoms with Crippen molar-refractivity contribution >= 4 is 0 Å². The van der Waals surface area contributed by atoms with Gasteiger partial charge in [0.25, 0.3) is 0 Å². The first-order valence-corrected chi connectivity index (χ1v) is 11.3. The van der Waals surface area contributed by atoms with Crippen molar-refractivity contribution < 1.29 is 9.15 Å². The predicted octanol–water partition coefficient (Wildman–Crippen LogP) is 4.02. The van der Waals surface area contributed by atoms with Crippen LogP contribution in [0.1, 0.15) is 34.3 Å². The van der Waals surface area contributed by atoms with Gasteiger partial charge in [0.15, 0.2) is 5.89 Å². The van der Waals surface area contributed by atoms with Gasteiger partial charge in [-0.05, 0) is 29.7 Å². The van der Waals surface area contributed by atoms with Crippen LogP contribution >= 0.6 is 0 Å². The maximum atomic E-state index is 6.03. The number of hydrogen-bond donors (Lipinski definition) is 0. The van der Waals surface area contributed by atoms with Gasteiger partial charge in [0.2, 0.25) is 0 Å². The number of ether oxygens (including phenoxy) is 1. The van der Waals surface area contributed by atoms with E-state index in [9.17, 15) is 0 Å². The summed E-state index contributed by atoms with van der Waals surface area (Å²) in [5.74, 6) is 3.25. The lowest BCUT2D eigenvalue weighted by molar-refractivity contribution is -0.0142. The molecule has 0 N–H and O–H groups in total. The summed E-state index contributed by atoms with van der Waals surface area (Å²) in [6.07, 6.45) is 2.90. The van der Waals surface area contributed by atoms with Crippen LogP contribution in [0.2, 0.25) is 0 Å². The Morgan fingerprint density at radius 2 is 1.81 bits per heavy atom. The van der Waals surface area contributed by atoms with E-state index in [0.29, 0.717) is 5.92 Å². The van der Waals surface area contributed by atoms with Crippen molar-refractivity contribution in [1.82, 2.24) is 14.8 Å². The Morgan fingerprint density at radius 1 is 1.00 bits per heavy atom. The Labute approximate surface area is 183 Å². The Morgan fingerprint density at radius 3 is 2.61 bits per heavy atom. The van der Waals surface area contributed by atoms with E-state index in [4.69, 9.17) is 9.15 Å². The Balaban J connectivity index is 1.18. The SMILES string of the molecule is Cc1cnc(C2CN(Cc3ccccc3)CC23CN(Cc2ccc4c(c2)CCO4)C3)o1. The van der Waals surface area contributed by atoms with Gasteiger partial charge in [-0.15, -0.1) is 0 Å². The molecule has 160 valence electrons. The highest BCUT2D eigenvalue weighted by Crippen LogP contribution is 2.49. The molecule has 5 heteroatoms. The summed E-state index contributed by atoms with van der Waals surface area (Å²) in [4.78, 5) is 9.80. The monoisotopic (exact) mass is 415 g/mol. The van der Waals surface area contributed by atoms with Crippen LogP contribution in [-0.2, 0) is 19.5 Å². The van der Waals surface area contributed by atoms with Crippen LogP contribution in [0, 0.1) is 12.3 Å². The zero-order chi connectivity index (χ0) is 20.8. The van der Waals surface area contributed by atoms with E-state index in [1.54, 1.807) is 0 Å². The molecule has 2 saturated heterocycles. The van der Waals surface area contributed by atoms with Crippen LogP contribution in [0.25, 0.3) is 0 Å². The number of benzene rings is 2. The molecule has 1 aromatic heterocycles. The number of hydrogen-bond acceptors (Lipinski definition) is 5. The summed E-state index contributed by atoms with van der Waals surface area (Å²) < 4.78 is 11.7. The lowest BCUT2D eigenvalue weighted by atomic mass is 9.71. The lowest BCUT2D eigenvalue weighted by Crippen LogP contribution is -2.59. The van der Waals surface area contributed by atoms with Crippen LogP contribution < -0.4 is 4.74 Å². The molecule has 0 bridgehead atoms. The lowest BCUT2D eigenvalue weighted by Gasteiger charge is -2.50. The zero-order valence-electron chi connectivity index (χ0n) is 18.1. The molecule has 31 heavy (non-hydrogen) atoms. The van der Waals surface area contributed by atoms with E-state index in [1.807, 2.05) is 13.1 Å².